The molecule has 1 rings (SSSR count). The first-order valence-corrected chi connectivity index (χ1v) is 6.28. The summed E-state index contributed by atoms with van der Waals surface area (Å²) in [6, 6.07) is 9.82. The van der Waals surface area contributed by atoms with Gasteiger partial charge in [0.25, 0.3) is 0 Å². The molecule has 17 heavy (non-hydrogen) atoms. The lowest BCUT2D eigenvalue weighted by molar-refractivity contribution is 0.479. The van der Waals surface area contributed by atoms with Crippen molar-refractivity contribution in [3.63, 3.8) is 0 Å². The van der Waals surface area contributed by atoms with E-state index in [4.69, 9.17) is 11.6 Å². The predicted molar refractivity (Wildman–Crippen MR) is 73.2 cm³/mol. The van der Waals surface area contributed by atoms with E-state index in [1.807, 2.05) is 31.2 Å². The van der Waals surface area contributed by atoms with Crippen molar-refractivity contribution in [1.29, 1.82) is 5.26 Å². The van der Waals surface area contributed by atoms with Crippen LogP contribution < -0.4 is 5.32 Å². The largest absolute Gasteiger partial charge is 0.368 e. The summed E-state index contributed by atoms with van der Waals surface area (Å²) in [7, 11) is 0. The van der Waals surface area contributed by atoms with Gasteiger partial charge in [0.05, 0.1) is 6.07 Å². The lowest BCUT2D eigenvalue weighted by Gasteiger charge is -2.25. The van der Waals surface area contributed by atoms with E-state index in [0.717, 1.165) is 18.5 Å². The summed E-state index contributed by atoms with van der Waals surface area (Å²) in [6.45, 7) is 6.25. The molecular weight excluding hydrogens is 232 g/mol. The fourth-order valence-corrected chi connectivity index (χ4v) is 1.80. The summed E-state index contributed by atoms with van der Waals surface area (Å²) in [5.74, 6) is 0.601. The molecule has 2 nitrogen and oxygen atoms in total. The highest BCUT2D eigenvalue weighted by molar-refractivity contribution is 6.30. The molecule has 1 unspecified atom stereocenters. The number of anilines is 1. The Morgan fingerprint density at radius 1 is 1.47 bits per heavy atom. The minimum atomic E-state index is -0.533. The van der Waals surface area contributed by atoms with Crippen molar-refractivity contribution in [3.05, 3.63) is 29.3 Å². The number of hydrogen-bond acceptors (Lipinski definition) is 2. The minimum Gasteiger partial charge on any atom is -0.368 e. The van der Waals surface area contributed by atoms with Crippen molar-refractivity contribution in [3.8, 4) is 6.07 Å². The molecule has 0 aliphatic carbocycles. The van der Waals surface area contributed by atoms with Gasteiger partial charge in [-0.2, -0.15) is 5.26 Å². The van der Waals surface area contributed by atoms with Gasteiger partial charge in [-0.25, -0.2) is 0 Å². The van der Waals surface area contributed by atoms with Gasteiger partial charge in [-0.15, -0.1) is 0 Å². The third-order valence-corrected chi connectivity index (χ3v) is 2.95. The van der Waals surface area contributed by atoms with Crippen molar-refractivity contribution in [2.75, 3.05) is 5.32 Å². The summed E-state index contributed by atoms with van der Waals surface area (Å²) in [6.07, 6.45) is 1.85. The first kappa shape index (κ1) is 13.9. The molecule has 0 bridgehead atoms. The fourth-order valence-electron chi connectivity index (χ4n) is 1.61. The summed E-state index contributed by atoms with van der Waals surface area (Å²) in [4.78, 5) is 0. The van der Waals surface area contributed by atoms with Gasteiger partial charge in [0.15, 0.2) is 0 Å². The zero-order valence-electron chi connectivity index (χ0n) is 10.6. The fraction of sp³-hybridized carbons (Fsp3) is 0.500. The van der Waals surface area contributed by atoms with E-state index in [1.165, 1.54) is 0 Å². The Morgan fingerprint density at radius 2 is 2.18 bits per heavy atom. The van der Waals surface area contributed by atoms with Gasteiger partial charge < -0.3 is 5.32 Å². The van der Waals surface area contributed by atoms with Crippen LogP contribution >= 0.6 is 11.6 Å². The molecule has 3 heteroatoms. The van der Waals surface area contributed by atoms with Crippen LogP contribution in [0.25, 0.3) is 0 Å². The van der Waals surface area contributed by atoms with Crippen LogP contribution in [0.15, 0.2) is 24.3 Å². The van der Waals surface area contributed by atoms with E-state index >= 15 is 0 Å². The molecular formula is C14H19ClN2. The maximum absolute atomic E-state index is 9.28. The topological polar surface area (TPSA) is 35.8 Å². The molecule has 1 aromatic rings. The average molecular weight is 251 g/mol. The zero-order valence-corrected chi connectivity index (χ0v) is 11.4. The standard InChI is InChI=1S/C14H19ClN2/c1-11(2)7-8-14(3,10-16)17-13-6-4-5-12(15)9-13/h4-6,9,11,17H,7-8H2,1-3H3. The number of nitrogens with one attached hydrogen (secondary N) is 1. The number of halogens is 1. The number of hydrogen-bond donors (Lipinski definition) is 1. The normalized spacial score (nSPS) is 14.1. The molecule has 0 aromatic heterocycles. The molecule has 0 heterocycles. The van der Waals surface area contributed by atoms with Crippen molar-refractivity contribution in [2.24, 2.45) is 5.92 Å². The Labute approximate surface area is 109 Å². The van der Waals surface area contributed by atoms with Gasteiger partial charge in [0.1, 0.15) is 5.54 Å². The van der Waals surface area contributed by atoms with Crippen LogP contribution in [-0.4, -0.2) is 5.54 Å². The van der Waals surface area contributed by atoms with Crippen LogP contribution in [0.2, 0.25) is 5.02 Å². The summed E-state index contributed by atoms with van der Waals surface area (Å²) in [5.41, 5.74) is 0.361. The van der Waals surface area contributed by atoms with Crippen LogP contribution in [0.3, 0.4) is 0 Å². The van der Waals surface area contributed by atoms with Crippen molar-refractivity contribution in [1.82, 2.24) is 0 Å². The summed E-state index contributed by atoms with van der Waals surface area (Å²) >= 11 is 5.92. The Kier molecular flexibility index (Phi) is 4.84. The Morgan fingerprint density at radius 3 is 2.71 bits per heavy atom. The smallest absolute Gasteiger partial charge is 0.122 e. The molecule has 0 amide bonds. The second-order valence-corrected chi connectivity index (χ2v) is 5.45. The minimum absolute atomic E-state index is 0.533. The number of nitriles is 1. The van der Waals surface area contributed by atoms with Gasteiger partial charge in [-0.3, -0.25) is 0 Å². The van der Waals surface area contributed by atoms with E-state index in [9.17, 15) is 5.26 Å². The Bertz CT molecular complexity index is 409. The highest BCUT2D eigenvalue weighted by Gasteiger charge is 2.23. The Balaban J connectivity index is 2.72. The van der Waals surface area contributed by atoms with Crippen LogP contribution in [0.4, 0.5) is 5.69 Å². The van der Waals surface area contributed by atoms with Gasteiger partial charge in [-0.05, 0) is 43.9 Å². The van der Waals surface area contributed by atoms with Crippen LogP contribution in [0.5, 0.6) is 0 Å². The monoisotopic (exact) mass is 250 g/mol. The maximum atomic E-state index is 9.28. The molecule has 0 aliphatic heterocycles. The molecule has 0 saturated heterocycles. The van der Waals surface area contributed by atoms with E-state index in [0.29, 0.717) is 10.9 Å². The number of rotatable bonds is 5. The van der Waals surface area contributed by atoms with Gasteiger partial charge in [0.2, 0.25) is 0 Å². The van der Waals surface area contributed by atoms with E-state index < -0.39 is 5.54 Å². The van der Waals surface area contributed by atoms with Crippen LogP contribution in [-0.2, 0) is 0 Å². The van der Waals surface area contributed by atoms with E-state index in [2.05, 4.69) is 25.2 Å². The maximum Gasteiger partial charge on any atom is 0.122 e. The highest BCUT2D eigenvalue weighted by Crippen LogP contribution is 2.23. The number of nitrogens with zero attached hydrogens (tertiary/aromatic N) is 1. The second kappa shape index (κ2) is 5.93. The van der Waals surface area contributed by atoms with E-state index in [1.54, 1.807) is 0 Å². The lowest BCUT2D eigenvalue weighted by atomic mass is 9.93. The SMILES string of the molecule is CC(C)CCC(C)(C#N)Nc1cccc(Cl)c1. The van der Waals surface area contributed by atoms with Gasteiger partial charge in [-0.1, -0.05) is 31.5 Å². The van der Waals surface area contributed by atoms with Crippen molar-refractivity contribution >= 4 is 17.3 Å². The molecule has 0 saturated carbocycles. The average Bonchev–Trinajstić information content (AvgIpc) is 2.26. The lowest BCUT2D eigenvalue weighted by Crippen LogP contribution is -2.33. The number of benzene rings is 1. The first-order valence-electron chi connectivity index (χ1n) is 5.90. The van der Waals surface area contributed by atoms with E-state index in [-0.39, 0.29) is 0 Å². The zero-order chi connectivity index (χ0) is 12.9. The molecule has 0 spiro atoms. The van der Waals surface area contributed by atoms with Gasteiger partial charge >= 0.3 is 0 Å². The third kappa shape index (κ3) is 4.66. The first-order chi connectivity index (χ1) is 7.95. The third-order valence-electron chi connectivity index (χ3n) is 2.71. The summed E-state index contributed by atoms with van der Waals surface area (Å²) < 4.78 is 0. The highest BCUT2D eigenvalue weighted by atomic mass is 35.5. The summed E-state index contributed by atoms with van der Waals surface area (Å²) in [5, 5.41) is 13.2. The van der Waals surface area contributed by atoms with Crippen LogP contribution in [0.1, 0.15) is 33.6 Å². The molecule has 92 valence electrons. The van der Waals surface area contributed by atoms with Crippen molar-refractivity contribution in [2.45, 2.75) is 39.2 Å². The predicted octanol–water partition coefficient (Wildman–Crippen LogP) is 4.47. The molecule has 0 radical (unpaired) electrons. The second-order valence-electron chi connectivity index (χ2n) is 5.01. The molecule has 0 aliphatic rings. The van der Waals surface area contributed by atoms with Crippen molar-refractivity contribution < 1.29 is 0 Å². The molecule has 1 atom stereocenters. The van der Waals surface area contributed by atoms with Crippen LogP contribution in [0, 0.1) is 17.2 Å². The molecule has 1 N–H and O–H groups in total. The Hall–Kier alpha value is -1.20. The quantitative estimate of drug-likeness (QED) is 0.837. The molecule has 0 fully saturated rings. The van der Waals surface area contributed by atoms with Gasteiger partial charge in [0, 0.05) is 10.7 Å². The molecule has 1 aromatic carbocycles.